The fraction of sp³-hybridized carbons (Fsp3) is 0.381. The number of hydrogen-bond donors (Lipinski definition) is 1. The molecule has 7 nitrogen and oxygen atoms in total. The van der Waals surface area contributed by atoms with E-state index >= 15 is 0 Å². The molecule has 0 spiro atoms. The highest BCUT2D eigenvalue weighted by molar-refractivity contribution is 7.19. The first-order chi connectivity index (χ1) is 14.0. The predicted octanol–water partition coefficient (Wildman–Crippen LogP) is 3.31. The first kappa shape index (κ1) is 19.4. The summed E-state index contributed by atoms with van der Waals surface area (Å²) in [4.78, 5) is 26.6. The van der Waals surface area contributed by atoms with Crippen LogP contribution in [0.25, 0.3) is 15.7 Å². The van der Waals surface area contributed by atoms with Crippen LogP contribution in [-0.4, -0.2) is 26.1 Å². The second-order valence-electron chi connectivity index (χ2n) is 7.29. The van der Waals surface area contributed by atoms with Crippen molar-refractivity contribution >= 4 is 33.0 Å². The summed E-state index contributed by atoms with van der Waals surface area (Å²) in [6.45, 7) is 5.90. The van der Waals surface area contributed by atoms with Crippen LogP contribution in [0.1, 0.15) is 36.7 Å². The minimum Gasteiger partial charge on any atom is -0.469 e. The van der Waals surface area contributed by atoms with Crippen LogP contribution in [0.2, 0.25) is 0 Å². The summed E-state index contributed by atoms with van der Waals surface area (Å²) in [7, 11) is 0. The third kappa shape index (κ3) is 3.85. The summed E-state index contributed by atoms with van der Waals surface area (Å²) in [6, 6.07) is 7.72. The van der Waals surface area contributed by atoms with E-state index in [4.69, 9.17) is 4.42 Å². The van der Waals surface area contributed by atoms with Crippen LogP contribution in [0.3, 0.4) is 0 Å². The minimum absolute atomic E-state index is 0.0284. The highest BCUT2D eigenvalue weighted by Crippen LogP contribution is 2.28. The van der Waals surface area contributed by atoms with Gasteiger partial charge >= 0.3 is 0 Å². The van der Waals surface area contributed by atoms with Gasteiger partial charge in [-0.2, -0.15) is 5.10 Å². The van der Waals surface area contributed by atoms with Gasteiger partial charge in [0, 0.05) is 23.8 Å². The smallest absolute Gasteiger partial charge is 0.291 e. The molecule has 0 aliphatic rings. The molecule has 1 unspecified atom stereocenters. The summed E-state index contributed by atoms with van der Waals surface area (Å²) < 4.78 is 9.58. The zero-order valence-corrected chi connectivity index (χ0v) is 17.6. The van der Waals surface area contributed by atoms with Crippen molar-refractivity contribution in [2.75, 3.05) is 0 Å². The molecule has 4 aromatic rings. The molecule has 0 bridgehead atoms. The van der Waals surface area contributed by atoms with E-state index in [0.29, 0.717) is 11.9 Å². The minimum atomic E-state index is -0.248. The zero-order valence-electron chi connectivity index (χ0n) is 16.8. The second-order valence-corrected chi connectivity index (χ2v) is 8.58. The second kappa shape index (κ2) is 7.87. The van der Waals surface area contributed by atoms with E-state index in [1.54, 1.807) is 17.6 Å². The lowest BCUT2D eigenvalue weighted by molar-refractivity contribution is -0.122. The van der Waals surface area contributed by atoms with Gasteiger partial charge in [-0.15, -0.1) is 11.3 Å². The summed E-state index contributed by atoms with van der Waals surface area (Å²) in [5.74, 6) is 1.44. The zero-order chi connectivity index (χ0) is 20.5. The Morgan fingerprint density at radius 2 is 2.17 bits per heavy atom. The Labute approximate surface area is 171 Å². The first-order valence-electron chi connectivity index (χ1n) is 9.79. The summed E-state index contributed by atoms with van der Waals surface area (Å²) in [5, 5.41) is 7.43. The quantitative estimate of drug-likeness (QED) is 0.505. The topological polar surface area (TPSA) is 81.5 Å². The van der Waals surface area contributed by atoms with Gasteiger partial charge in [0.1, 0.15) is 23.6 Å². The van der Waals surface area contributed by atoms with E-state index in [0.717, 1.165) is 34.6 Å². The van der Waals surface area contributed by atoms with Crippen LogP contribution >= 0.6 is 11.3 Å². The molecule has 8 heteroatoms. The molecular weight excluding hydrogens is 388 g/mol. The Morgan fingerprint density at radius 3 is 2.90 bits per heavy atom. The Morgan fingerprint density at radius 1 is 1.34 bits per heavy atom. The summed E-state index contributed by atoms with van der Waals surface area (Å²) in [6.07, 6.45) is 3.82. The Bertz CT molecular complexity index is 1220. The number of hydrogen-bond acceptors (Lipinski definition) is 5. The number of aromatic nitrogens is 3. The standard InChI is InChI=1S/C21H24N4O3S/c1-4-19-23-24(12-20(26)22-13(2)7-8-15-6-5-9-28-15)21(27)17-11-18-16(25(17)19)10-14(3)29-18/h5-6,9-11,13H,4,7-8,12H2,1-3H3,(H,22,26). The molecule has 0 aromatic carbocycles. The van der Waals surface area contributed by atoms with Gasteiger partial charge in [-0.3, -0.25) is 14.0 Å². The monoisotopic (exact) mass is 412 g/mol. The van der Waals surface area contributed by atoms with Gasteiger partial charge in [0.05, 0.1) is 16.5 Å². The van der Waals surface area contributed by atoms with E-state index in [2.05, 4.69) is 23.4 Å². The number of rotatable bonds is 7. The molecule has 0 saturated heterocycles. The molecular formula is C21H24N4O3S. The molecule has 1 amide bonds. The third-order valence-electron chi connectivity index (χ3n) is 4.98. The largest absolute Gasteiger partial charge is 0.469 e. The summed E-state index contributed by atoms with van der Waals surface area (Å²) >= 11 is 1.65. The summed E-state index contributed by atoms with van der Waals surface area (Å²) in [5.41, 5.74) is 1.32. The Balaban J connectivity index is 1.53. The molecule has 0 saturated carbocycles. The highest BCUT2D eigenvalue weighted by atomic mass is 32.1. The average molecular weight is 413 g/mol. The number of nitrogens with one attached hydrogen (secondary N) is 1. The van der Waals surface area contributed by atoms with Crippen LogP contribution in [0, 0.1) is 6.92 Å². The highest BCUT2D eigenvalue weighted by Gasteiger charge is 2.17. The van der Waals surface area contributed by atoms with Crippen LogP contribution in [0.4, 0.5) is 0 Å². The molecule has 0 fully saturated rings. The number of fused-ring (bicyclic) bond motifs is 3. The molecule has 0 aliphatic carbocycles. The molecule has 1 N–H and O–H groups in total. The maximum absolute atomic E-state index is 12.9. The molecule has 1 atom stereocenters. The lowest BCUT2D eigenvalue weighted by Crippen LogP contribution is -2.39. The molecule has 0 radical (unpaired) electrons. The van der Waals surface area contributed by atoms with Crippen molar-refractivity contribution in [2.45, 2.75) is 52.6 Å². The molecule has 29 heavy (non-hydrogen) atoms. The first-order valence-corrected chi connectivity index (χ1v) is 10.6. The van der Waals surface area contributed by atoms with Crippen LogP contribution in [-0.2, 0) is 24.2 Å². The van der Waals surface area contributed by atoms with Crippen molar-refractivity contribution in [1.82, 2.24) is 19.5 Å². The van der Waals surface area contributed by atoms with Crippen molar-refractivity contribution in [1.29, 1.82) is 0 Å². The van der Waals surface area contributed by atoms with Crippen molar-refractivity contribution in [3.8, 4) is 0 Å². The van der Waals surface area contributed by atoms with E-state index in [9.17, 15) is 9.59 Å². The predicted molar refractivity (Wildman–Crippen MR) is 114 cm³/mol. The third-order valence-corrected chi connectivity index (χ3v) is 5.97. The number of aryl methyl sites for hydroxylation is 3. The molecule has 4 rings (SSSR count). The van der Waals surface area contributed by atoms with Gasteiger partial charge in [0.15, 0.2) is 0 Å². The van der Waals surface area contributed by atoms with Crippen LogP contribution < -0.4 is 10.9 Å². The lowest BCUT2D eigenvalue weighted by Gasteiger charge is -2.14. The van der Waals surface area contributed by atoms with Gasteiger partial charge in [0.25, 0.3) is 5.56 Å². The SMILES string of the molecule is CCc1nn(CC(=O)NC(C)CCc2ccco2)c(=O)c2cc3sc(C)cc3n12. The van der Waals surface area contributed by atoms with Gasteiger partial charge in [-0.1, -0.05) is 6.92 Å². The maximum Gasteiger partial charge on any atom is 0.291 e. The Kier molecular flexibility index (Phi) is 5.27. The Hall–Kier alpha value is -2.87. The number of nitrogens with zero attached hydrogens (tertiary/aromatic N) is 3. The molecule has 4 heterocycles. The number of thiophene rings is 1. The van der Waals surface area contributed by atoms with Gasteiger partial charge in [-0.25, -0.2) is 4.68 Å². The maximum atomic E-state index is 12.9. The molecule has 4 aromatic heterocycles. The van der Waals surface area contributed by atoms with E-state index in [1.807, 2.05) is 36.4 Å². The van der Waals surface area contributed by atoms with Crippen molar-refractivity contribution < 1.29 is 9.21 Å². The number of amides is 1. The number of furan rings is 1. The fourth-order valence-corrected chi connectivity index (χ4v) is 4.53. The van der Waals surface area contributed by atoms with E-state index < -0.39 is 0 Å². The fourth-order valence-electron chi connectivity index (χ4n) is 3.59. The number of carbonyl (C=O) groups excluding carboxylic acids is 1. The molecule has 0 aliphatic heterocycles. The van der Waals surface area contributed by atoms with Gasteiger partial charge in [-0.05, 0) is 44.5 Å². The van der Waals surface area contributed by atoms with Crippen molar-refractivity contribution in [3.05, 3.63) is 57.3 Å². The van der Waals surface area contributed by atoms with Crippen molar-refractivity contribution in [2.24, 2.45) is 0 Å². The van der Waals surface area contributed by atoms with Gasteiger partial charge in [0.2, 0.25) is 5.91 Å². The average Bonchev–Trinajstić information content (AvgIpc) is 3.38. The van der Waals surface area contributed by atoms with Crippen molar-refractivity contribution in [3.63, 3.8) is 0 Å². The number of carbonyl (C=O) groups is 1. The molecule has 152 valence electrons. The van der Waals surface area contributed by atoms with E-state index in [1.165, 1.54) is 9.56 Å². The normalized spacial score (nSPS) is 12.7. The van der Waals surface area contributed by atoms with E-state index in [-0.39, 0.29) is 24.1 Å². The van der Waals surface area contributed by atoms with Crippen LogP contribution in [0.5, 0.6) is 0 Å². The lowest BCUT2D eigenvalue weighted by atomic mass is 10.1. The van der Waals surface area contributed by atoms with Gasteiger partial charge < -0.3 is 9.73 Å². The van der Waals surface area contributed by atoms with Crippen LogP contribution in [0.15, 0.2) is 39.7 Å².